The van der Waals surface area contributed by atoms with Crippen LogP contribution in [0.1, 0.15) is 59.3 Å². The summed E-state index contributed by atoms with van der Waals surface area (Å²) in [6.07, 6.45) is 8.05. The first-order valence-corrected chi connectivity index (χ1v) is 7.48. The highest BCUT2D eigenvalue weighted by molar-refractivity contribution is 4.90. The van der Waals surface area contributed by atoms with Crippen LogP contribution in [0.25, 0.3) is 0 Å². The van der Waals surface area contributed by atoms with Gasteiger partial charge in [-0.15, -0.1) is 0 Å². The van der Waals surface area contributed by atoms with Crippen molar-refractivity contribution in [1.82, 2.24) is 4.90 Å². The molecule has 2 heteroatoms. The Labute approximate surface area is 107 Å². The zero-order chi connectivity index (χ0) is 12.5. The summed E-state index contributed by atoms with van der Waals surface area (Å²) in [5.41, 5.74) is 6.72. The smallest absolute Gasteiger partial charge is 0.0247 e. The van der Waals surface area contributed by atoms with E-state index in [0.29, 0.717) is 17.5 Å². The van der Waals surface area contributed by atoms with Crippen molar-refractivity contribution in [3.05, 3.63) is 0 Å². The molecule has 1 aliphatic heterocycles. The van der Waals surface area contributed by atoms with Crippen molar-refractivity contribution in [1.29, 1.82) is 0 Å². The third kappa shape index (κ3) is 3.23. The minimum atomic E-state index is 0.446. The predicted octanol–water partition coefficient (Wildman–Crippen LogP) is 3.01. The zero-order valence-corrected chi connectivity index (χ0v) is 11.9. The number of nitrogens with two attached hydrogens (primary N) is 1. The molecule has 3 atom stereocenters. The van der Waals surface area contributed by atoms with E-state index in [1.54, 1.807) is 0 Å². The molecule has 2 aliphatic rings. The molecule has 1 heterocycles. The van der Waals surface area contributed by atoms with Gasteiger partial charge in [-0.05, 0) is 56.5 Å². The first-order valence-electron chi connectivity index (χ1n) is 7.48. The predicted molar refractivity (Wildman–Crippen MR) is 74.0 cm³/mol. The monoisotopic (exact) mass is 238 g/mol. The van der Waals surface area contributed by atoms with Crippen LogP contribution >= 0.6 is 0 Å². The van der Waals surface area contributed by atoms with Gasteiger partial charge in [0.15, 0.2) is 0 Å². The van der Waals surface area contributed by atoms with Crippen molar-refractivity contribution >= 4 is 0 Å². The molecule has 0 aromatic carbocycles. The van der Waals surface area contributed by atoms with Crippen molar-refractivity contribution in [2.45, 2.75) is 71.4 Å². The quantitative estimate of drug-likeness (QED) is 0.761. The van der Waals surface area contributed by atoms with Gasteiger partial charge in [0, 0.05) is 12.1 Å². The van der Waals surface area contributed by atoms with Gasteiger partial charge in [0.05, 0.1) is 0 Å². The Morgan fingerprint density at radius 3 is 2.29 bits per heavy atom. The average Bonchev–Trinajstić information content (AvgIpc) is 2.53. The van der Waals surface area contributed by atoms with Gasteiger partial charge in [0.1, 0.15) is 0 Å². The van der Waals surface area contributed by atoms with Gasteiger partial charge in [-0.25, -0.2) is 0 Å². The van der Waals surface area contributed by atoms with Crippen LogP contribution in [0.2, 0.25) is 0 Å². The molecule has 100 valence electrons. The Balaban J connectivity index is 1.91. The molecule has 0 aromatic heterocycles. The summed E-state index contributed by atoms with van der Waals surface area (Å²) in [4.78, 5) is 2.70. The lowest BCUT2D eigenvalue weighted by molar-refractivity contribution is 0.174. The molecular weight excluding hydrogens is 208 g/mol. The number of nitrogens with zero attached hydrogens (tertiary/aromatic N) is 1. The first-order chi connectivity index (χ1) is 7.98. The number of hydrogen-bond acceptors (Lipinski definition) is 2. The molecule has 0 spiro atoms. The molecule has 1 saturated carbocycles. The van der Waals surface area contributed by atoms with E-state index in [4.69, 9.17) is 5.73 Å². The van der Waals surface area contributed by atoms with Crippen LogP contribution in [-0.4, -0.2) is 30.1 Å². The summed E-state index contributed by atoms with van der Waals surface area (Å²) in [5, 5.41) is 0. The molecule has 2 fully saturated rings. The fourth-order valence-electron chi connectivity index (χ4n) is 3.74. The minimum Gasteiger partial charge on any atom is -0.326 e. The molecule has 1 saturated heterocycles. The van der Waals surface area contributed by atoms with Crippen molar-refractivity contribution in [3.8, 4) is 0 Å². The van der Waals surface area contributed by atoms with Crippen molar-refractivity contribution in [3.63, 3.8) is 0 Å². The van der Waals surface area contributed by atoms with Crippen LogP contribution in [0.3, 0.4) is 0 Å². The topological polar surface area (TPSA) is 29.3 Å². The molecule has 2 N–H and O–H groups in total. The third-order valence-electron chi connectivity index (χ3n) is 4.99. The van der Waals surface area contributed by atoms with Gasteiger partial charge >= 0.3 is 0 Å². The molecule has 0 bridgehead atoms. The molecule has 0 aromatic rings. The Morgan fingerprint density at radius 2 is 1.71 bits per heavy atom. The molecule has 1 aliphatic carbocycles. The van der Waals surface area contributed by atoms with Crippen molar-refractivity contribution in [2.24, 2.45) is 17.1 Å². The summed E-state index contributed by atoms with van der Waals surface area (Å²) in [5.74, 6) is 0.894. The van der Waals surface area contributed by atoms with Gasteiger partial charge in [0.25, 0.3) is 0 Å². The van der Waals surface area contributed by atoms with E-state index >= 15 is 0 Å². The van der Waals surface area contributed by atoms with E-state index in [1.165, 1.54) is 51.6 Å². The van der Waals surface area contributed by atoms with Crippen LogP contribution in [0, 0.1) is 11.3 Å². The largest absolute Gasteiger partial charge is 0.326 e. The Bertz CT molecular complexity index is 244. The summed E-state index contributed by atoms with van der Waals surface area (Å²) >= 11 is 0. The second-order valence-corrected chi connectivity index (χ2v) is 7.19. The van der Waals surface area contributed by atoms with E-state index in [0.717, 1.165) is 5.92 Å². The Kier molecular flexibility index (Phi) is 4.14. The van der Waals surface area contributed by atoms with Crippen LogP contribution in [0.15, 0.2) is 0 Å². The minimum absolute atomic E-state index is 0.446. The average molecular weight is 238 g/mol. The molecule has 2 nitrogen and oxygen atoms in total. The first kappa shape index (κ1) is 13.4. The zero-order valence-electron chi connectivity index (χ0n) is 11.9. The van der Waals surface area contributed by atoms with E-state index in [2.05, 4.69) is 25.7 Å². The van der Waals surface area contributed by atoms with Crippen LogP contribution in [0.4, 0.5) is 0 Å². The van der Waals surface area contributed by atoms with E-state index in [9.17, 15) is 0 Å². The highest BCUT2D eigenvalue weighted by Gasteiger charge is 2.33. The van der Waals surface area contributed by atoms with Gasteiger partial charge < -0.3 is 5.73 Å². The van der Waals surface area contributed by atoms with Gasteiger partial charge in [0.2, 0.25) is 0 Å². The van der Waals surface area contributed by atoms with E-state index in [-0.39, 0.29) is 0 Å². The summed E-state index contributed by atoms with van der Waals surface area (Å²) in [6, 6.07) is 1.13. The van der Waals surface area contributed by atoms with Gasteiger partial charge in [-0.2, -0.15) is 0 Å². The third-order valence-corrected chi connectivity index (χ3v) is 4.99. The highest BCUT2D eigenvalue weighted by atomic mass is 15.2. The van der Waals surface area contributed by atoms with Gasteiger partial charge in [-0.3, -0.25) is 4.90 Å². The lowest BCUT2D eigenvalue weighted by Gasteiger charge is -2.32. The van der Waals surface area contributed by atoms with E-state index < -0.39 is 0 Å². The maximum atomic E-state index is 6.24. The summed E-state index contributed by atoms with van der Waals surface area (Å²) < 4.78 is 0. The Morgan fingerprint density at radius 1 is 0.941 bits per heavy atom. The molecule has 17 heavy (non-hydrogen) atoms. The molecule has 2 rings (SSSR count). The lowest BCUT2D eigenvalue weighted by atomic mass is 9.77. The second-order valence-electron chi connectivity index (χ2n) is 7.19. The lowest BCUT2D eigenvalue weighted by Crippen LogP contribution is -2.44. The maximum Gasteiger partial charge on any atom is 0.0247 e. The fourth-order valence-corrected chi connectivity index (χ4v) is 3.74. The number of likely N-dealkylation sites (tertiary alicyclic amines) is 1. The SMILES string of the molecule is CC(C)(C)C1CCCN(C2CCCC2N)CC1. The standard InChI is InChI=1S/C15H30N2/c1-15(2,3)12-6-5-10-17(11-9-12)14-8-4-7-13(14)16/h12-14H,4-11,16H2,1-3H3. The summed E-state index contributed by atoms with van der Waals surface area (Å²) in [7, 11) is 0. The molecule has 0 radical (unpaired) electrons. The second kappa shape index (κ2) is 5.27. The van der Waals surface area contributed by atoms with Crippen molar-refractivity contribution < 1.29 is 0 Å². The van der Waals surface area contributed by atoms with Crippen LogP contribution in [0.5, 0.6) is 0 Å². The van der Waals surface area contributed by atoms with Gasteiger partial charge in [-0.1, -0.05) is 27.2 Å². The highest BCUT2D eigenvalue weighted by Crippen LogP contribution is 2.35. The van der Waals surface area contributed by atoms with Crippen LogP contribution in [-0.2, 0) is 0 Å². The van der Waals surface area contributed by atoms with E-state index in [1.807, 2.05) is 0 Å². The fraction of sp³-hybridized carbons (Fsp3) is 1.00. The maximum absolute atomic E-state index is 6.24. The summed E-state index contributed by atoms with van der Waals surface area (Å²) in [6.45, 7) is 9.75. The number of rotatable bonds is 1. The van der Waals surface area contributed by atoms with Crippen LogP contribution < -0.4 is 5.73 Å². The normalized spacial score (nSPS) is 37.1. The molecular formula is C15H30N2. The number of hydrogen-bond donors (Lipinski definition) is 1. The molecule has 3 unspecified atom stereocenters. The van der Waals surface area contributed by atoms with Crippen molar-refractivity contribution in [2.75, 3.05) is 13.1 Å². The molecule has 0 amide bonds. The Hall–Kier alpha value is -0.0800.